The smallest absolute Gasteiger partial charge is 0.328 e. The number of fused-ring (bicyclic) bond motifs is 1. The Morgan fingerprint density at radius 1 is 1.00 bits per heavy atom. The number of hydrogen-bond donors (Lipinski definition) is 3. The fourth-order valence-electron chi connectivity index (χ4n) is 9.53. The van der Waals surface area contributed by atoms with E-state index < -0.39 is 11.7 Å². The quantitative estimate of drug-likeness (QED) is 0.163. The van der Waals surface area contributed by atoms with Crippen LogP contribution >= 0.6 is 0 Å². The first-order valence-corrected chi connectivity index (χ1v) is 21.6. The van der Waals surface area contributed by atoms with Crippen LogP contribution in [0.1, 0.15) is 79.6 Å². The summed E-state index contributed by atoms with van der Waals surface area (Å²) in [4.78, 5) is 50.2. The molecule has 7 heterocycles. The lowest BCUT2D eigenvalue weighted by Gasteiger charge is -2.44. The monoisotopic (exact) mass is 844 g/mol. The number of para-hydroxylation sites is 1. The van der Waals surface area contributed by atoms with E-state index >= 15 is 4.39 Å². The van der Waals surface area contributed by atoms with Gasteiger partial charge in [-0.25, -0.2) is 14.2 Å². The van der Waals surface area contributed by atoms with Crippen LogP contribution in [0.25, 0.3) is 22.3 Å². The van der Waals surface area contributed by atoms with Crippen LogP contribution < -0.4 is 20.9 Å². The van der Waals surface area contributed by atoms with Gasteiger partial charge in [-0.05, 0) is 81.1 Å². The van der Waals surface area contributed by atoms with E-state index in [0.717, 1.165) is 48.1 Å². The van der Waals surface area contributed by atoms with Crippen molar-refractivity contribution >= 4 is 46.1 Å². The van der Waals surface area contributed by atoms with Crippen LogP contribution in [0.15, 0.2) is 73.1 Å². The number of imide groups is 1. The van der Waals surface area contributed by atoms with E-state index in [0.29, 0.717) is 60.9 Å². The highest BCUT2D eigenvalue weighted by Gasteiger charge is 2.39. The lowest BCUT2D eigenvalue weighted by molar-refractivity contribution is -0.120. The number of nitrogen functional groups attached to an aromatic ring is 1. The summed E-state index contributed by atoms with van der Waals surface area (Å²) in [6.45, 7) is 9.51. The molecular weight excluding hydrogens is 792 g/mol. The summed E-state index contributed by atoms with van der Waals surface area (Å²) in [7, 11) is 0. The molecule has 0 bridgehead atoms. The average molecular weight is 845 g/mol. The van der Waals surface area contributed by atoms with Crippen molar-refractivity contribution in [1.29, 1.82) is 0 Å². The number of urea groups is 1. The van der Waals surface area contributed by atoms with Crippen molar-refractivity contribution in [3.05, 3.63) is 89.7 Å². The van der Waals surface area contributed by atoms with Gasteiger partial charge in [0.15, 0.2) is 5.82 Å². The number of hydrogen-bond acceptors (Lipinski definition) is 11. The molecule has 0 aliphatic carbocycles. The SMILES string of the molecule is Cc1cn(C2CCN(CC3(F)CCN(C(=O)c4ccc([C@H]5CN(c6cc(-c7ccccc7O)nnc6N)[C@@H](C)[C@@H](C)O5)cc4)CC3)CC2)c2ncc(N3CCC(=O)NC3=O)cc12. The summed E-state index contributed by atoms with van der Waals surface area (Å²) in [5, 5.41) is 22.3. The van der Waals surface area contributed by atoms with Crippen molar-refractivity contribution in [2.45, 2.75) is 82.8 Å². The Labute approximate surface area is 359 Å². The van der Waals surface area contributed by atoms with Crippen LogP contribution in [0.5, 0.6) is 5.75 Å². The number of pyridine rings is 1. The van der Waals surface area contributed by atoms with Gasteiger partial charge in [0.2, 0.25) is 5.91 Å². The Bertz CT molecular complexity index is 2500. The van der Waals surface area contributed by atoms with Crippen molar-refractivity contribution in [1.82, 2.24) is 34.9 Å². The number of carbonyl (C=O) groups excluding carboxylic acids is 3. The summed E-state index contributed by atoms with van der Waals surface area (Å²) in [6.07, 6.45) is 5.89. The van der Waals surface area contributed by atoms with Gasteiger partial charge in [0.25, 0.3) is 5.91 Å². The number of anilines is 3. The number of morpholine rings is 1. The van der Waals surface area contributed by atoms with E-state index in [1.54, 1.807) is 34.2 Å². The van der Waals surface area contributed by atoms with E-state index in [9.17, 15) is 19.5 Å². The Morgan fingerprint density at radius 3 is 2.47 bits per heavy atom. The third-order valence-electron chi connectivity index (χ3n) is 13.4. The van der Waals surface area contributed by atoms with Crippen LogP contribution in [-0.4, -0.2) is 116 Å². The molecule has 3 aromatic heterocycles. The normalized spacial score (nSPS) is 22.6. The summed E-state index contributed by atoms with van der Waals surface area (Å²) >= 11 is 0. The van der Waals surface area contributed by atoms with Crippen LogP contribution in [0.3, 0.4) is 0 Å². The number of aryl methyl sites for hydroxylation is 1. The van der Waals surface area contributed by atoms with E-state index in [4.69, 9.17) is 15.5 Å². The third kappa shape index (κ3) is 8.04. The largest absolute Gasteiger partial charge is 0.507 e. The van der Waals surface area contributed by atoms with E-state index in [1.807, 2.05) is 56.3 Å². The molecule has 4 amide bonds. The number of carbonyl (C=O) groups is 3. The molecule has 5 aromatic rings. The van der Waals surface area contributed by atoms with Gasteiger partial charge in [-0.3, -0.25) is 19.8 Å². The number of ether oxygens (including phenoxy) is 1. The van der Waals surface area contributed by atoms with Gasteiger partial charge in [-0.1, -0.05) is 24.3 Å². The molecule has 3 atom stereocenters. The molecule has 16 heteroatoms. The number of piperidine rings is 2. The molecule has 9 rings (SSSR count). The number of alkyl halides is 1. The predicted octanol–water partition coefficient (Wildman–Crippen LogP) is 6.17. The highest BCUT2D eigenvalue weighted by Crippen LogP contribution is 2.38. The molecule has 4 fully saturated rings. The number of amides is 4. The fourth-order valence-corrected chi connectivity index (χ4v) is 9.53. The Morgan fingerprint density at radius 2 is 1.74 bits per heavy atom. The van der Waals surface area contributed by atoms with Crippen molar-refractivity contribution in [2.24, 2.45) is 0 Å². The molecule has 2 aromatic carbocycles. The first kappa shape index (κ1) is 41.2. The lowest BCUT2D eigenvalue weighted by atomic mass is 9.91. The molecule has 0 saturated carbocycles. The number of likely N-dealkylation sites (tertiary alicyclic amines) is 2. The zero-order valence-electron chi connectivity index (χ0n) is 35.3. The topological polar surface area (TPSA) is 175 Å². The Hall–Kier alpha value is -6.13. The molecule has 0 spiro atoms. The molecule has 15 nitrogen and oxygen atoms in total. The zero-order valence-corrected chi connectivity index (χ0v) is 35.3. The summed E-state index contributed by atoms with van der Waals surface area (Å²) < 4.78 is 25.1. The van der Waals surface area contributed by atoms with Gasteiger partial charge in [-0.2, -0.15) is 0 Å². The number of aromatic nitrogens is 4. The zero-order chi connectivity index (χ0) is 43.3. The van der Waals surface area contributed by atoms with Gasteiger partial charge in [-0.15, -0.1) is 10.2 Å². The molecule has 4 saturated heterocycles. The molecular formula is C46H53FN10O5. The third-order valence-corrected chi connectivity index (χ3v) is 13.4. The van der Waals surface area contributed by atoms with Crippen LogP contribution in [-0.2, 0) is 9.53 Å². The minimum Gasteiger partial charge on any atom is -0.507 e. The van der Waals surface area contributed by atoms with E-state index in [1.165, 1.54) is 0 Å². The van der Waals surface area contributed by atoms with Crippen LogP contribution in [0.2, 0.25) is 0 Å². The van der Waals surface area contributed by atoms with Gasteiger partial charge in [0, 0.05) is 93.8 Å². The number of phenolic OH excluding ortho intramolecular Hbond substituents is 1. The van der Waals surface area contributed by atoms with Crippen molar-refractivity contribution in [2.75, 3.05) is 61.3 Å². The molecule has 0 unspecified atom stereocenters. The van der Waals surface area contributed by atoms with Crippen LogP contribution in [0.4, 0.5) is 26.4 Å². The van der Waals surface area contributed by atoms with Crippen molar-refractivity contribution < 1.29 is 28.6 Å². The molecule has 4 aliphatic rings. The highest BCUT2D eigenvalue weighted by atomic mass is 19.1. The molecule has 324 valence electrons. The van der Waals surface area contributed by atoms with E-state index in [2.05, 4.69) is 43.0 Å². The van der Waals surface area contributed by atoms with Crippen LogP contribution in [0, 0.1) is 6.92 Å². The summed E-state index contributed by atoms with van der Waals surface area (Å²) in [6, 6.07) is 18.1. The average Bonchev–Trinajstić information content (AvgIpc) is 3.60. The minimum atomic E-state index is -1.37. The second kappa shape index (κ2) is 16.6. The lowest BCUT2D eigenvalue weighted by Crippen LogP contribution is -2.51. The molecule has 4 N–H and O–H groups in total. The van der Waals surface area contributed by atoms with Crippen molar-refractivity contribution in [3.8, 4) is 17.0 Å². The second-order valence-electron chi connectivity index (χ2n) is 17.4. The van der Waals surface area contributed by atoms with Gasteiger partial charge >= 0.3 is 6.03 Å². The highest BCUT2D eigenvalue weighted by molar-refractivity contribution is 6.06. The Kier molecular flexibility index (Phi) is 11.1. The number of nitrogens with two attached hydrogens (primary N) is 1. The summed E-state index contributed by atoms with van der Waals surface area (Å²) in [5.74, 6) is 0.0134. The number of nitrogens with zero attached hydrogens (tertiary/aromatic N) is 8. The number of benzene rings is 2. The van der Waals surface area contributed by atoms with Gasteiger partial charge < -0.3 is 34.8 Å². The van der Waals surface area contributed by atoms with Gasteiger partial charge in [0.05, 0.1) is 35.4 Å². The predicted molar refractivity (Wildman–Crippen MR) is 234 cm³/mol. The summed E-state index contributed by atoms with van der Waals surface area (Å²) in [5.41, 5.74) is 10.8. The fraction of sp³-hybridized carbons (Fsp3) is 0.435. The molecule has 62 heavy (non-hydrogen) atoms. The minimum absolute atomic E-state index is 0.0270. The standard InChI is InChI=1S/C46H53FN10O5/c1-28-25-57(43-36(28)22-34(24-49-43)55-19-14-41(59)50-45(55)61)33-12-17-53(18-13-33)27-46(47)15-20-54(21-16-46)44(60)32-10-8-31(9-11-32)40-26-56(29(2)30(3)62-40)38-23-37(51-52-42(38)48)35-6-4-5-7-39(35)58/h4-11,22-25,29-30,33,40,58H,12-21,26-27H2,1-3H3,(H2,48,52)(H,50,59,61)/t29-,30+,40+/m0/s1. The maximum absolute atomic E-state index is 16.4. The number of halogens is 1. The first-order valence-electron chi connectivity index (χ1n) is 21.6. The number of aromatic hydroxyl groups is 1. The molecule has 0 radical (unpaired) electrons. The Balaban J connectivity index is 0.784. The molecule has 4 aliphatic heterocycles. The first-order chi connectivity index (χ1) is 29.8. The number of phenols is 1. The second-order valence-corrected chi connectivity index (χ2v) is 17.4. The van der Waals surface area contributed by atoms with Crippen molar-refractivity contribution in [3.63, 3.8) is 0 Å². The van der Waals surface area contributed by atoms with E-state index in [-0.39, 0.29) is 66.9 Å². The number of nitrogens with one attached hydrogen (secondary N) is 1. The van der Waals surface area contributed by atoms with Gasteiger partial charge in [0.1, 0.15) is 23.2 Å². The maximum Gasteiger partial charge on any atom is 0.328 e. The number of rotatable bonds is 8. The maximum atomic E-state index is 16.4.